The van der Waals surface area contributed by atoms with Crippen LogP contribution >= 0.6 is 0 Å². The fraction of sp³-hybridized carbons (Fsp3) is 1.00. The zero-order chi connectivity index (χ0) is 20.0. The summed E-state index contributed by atoms with van der Waals surface area (Å²) in [6.45, 7) is 20.8. The first-order valence-corrected chi connectivity index (χ1v) is 14.0. The van der Waals surface area contributed by atoms with Gasteiger partial charge in [0.1, 0.15) is 0 Å². The summed E-state index contributed by atoms with van der Waals surface area (Å²) in [6, 6.07) is 0. The van der Waals surface area contributed by atoms with Crippen LogP contribution in [0.4, 0.5) is 0 Å². The molecule has 5 atom stereocenters. The van der Waals surface area contributed by atoms with Crippen molar-refractivity contribution in [1.29, 1.82) is 0 Å². The molecular formula is C23H46O2Si. The van der Waals surface area contributed by atoms with Crippen molar-refractivity contribution in [2.75, 3.05) is 0 Å². The third kappa shape index (κ3) is 4.75. The molecule has 0 aromatic heterocycles. The number of hydrogen-bond acceptors (Lipinski definition) is 2. The molecule has 2 rings (SSSR count). The van der Waals surface area contributed by atoms with Gasteiger partial charge in [0.05, 0.1) is 5.60 Å². The minimum absolute atomic E-state index is 0.291. The van der Waals surface area contributed by atoms with Crippen molar-refractivity contribution in [2.24, 2.45) is 23.2 Å². The monoisotopic (exact) mass is 382 g/mol. The molecule has 0 radical (unpaired) electrons. The molecule has 26 heavy (non-hydrogen) atoms. The van der Waals surface area contributed by atoms with Crippen molar-refractivity contribution in [3.05, 3.63) is 0 Å². The standard InChI is InChI=1S/C23H46O2Si/c1-17(14-16-22(5,6)24)18-12-13-19-20(11-10-15-23(18,19)7)25-26(8,9)21(2,3)4/h17-20,24H,10-16H2,1-9H3/t17-,18-,19+,20+,23-/m1/s1. The highest BCUT2D eigenvalue weighted by Gasteiger charge is 2.54. The molecule has 0 heterocycles. The van der Waals surface area contributed by atoms with Crippen molar-refractivity contribution >= 4 is 8.32 Å². The summed E-state index contributed by atoms with van der Waals surface area (Å²) in [5.41, 5.74) is -0.0992. The lowest BCUT2D eigenvalue weighted by Gasteiger charge is -2.50. The first kappa shape index (κ1) is 22.4. The lowest BCUT2D eigenvalue weighted by molar-refractivity contribution is -0.0242. The largest absolute Gasteiger partial charge is 0.414 e. The molecule has 3 heteroatoms. The van der Waals surface area contributed by atoms with Crippen LogP contribution < -0.4 is 0 Å². The Morgan fingerprint density at radius 1 is 1.12 bits per heavy atom. The molecule has 0 bridgehead atoms. The van der Waals surface area contributed by atoms with Gasteiger partial charge in [-0.1, -0.05) is 41.0 Å². The van der Waals surface area contributed by atoms with Crippen molar-refractivity contribution in [3.63, 3.8) is 0 Å². The van der Waals surface area contributed by atoms with E-state index < -0.39 is 13.9 Å². The maximum atomic E-state index is 10.1. The predicted octanol–water partition coefficient (Wildman–Crippen LogP) is 6.78. The molecule has 0 spiro atoms. The molecular weight excluding hydrogens is 336 g/mol. The lowest BCUT2D eigenvalue weighted by atomic mass is 9.61. The summed E-state index contributed by atoms with van der Waals surface area (Å²) in [7, 11) is -1.71. The Morgan fingerprint density at radius 3 is 2.27 bits per heavy atom. The molecule has 2 aliphatic carbocycles. The van der Waals surface area contributed by atoms with Crippen LogP contribution in [0, 0.1) is 23.2 Å². The third-order valence-corrected chi connectivity index (χ3v) is 12.8. The van der Waals surface area contributed by atoms with Gasteiger partial charge in [-0.3, -0.25) is 0 Å². The maximum absolute atomic E-state index is 10.1. The summed E-state index contributed by atoms with van der Waals surface area (Å²) < 4.78 is 6.96. The molecule has 2 fully saturated rings. The van der Waals surface area contributed by atoms with Gasteiger partial charge in [0, 0.05) is 6.10 Å². The van der Waals surface area contributed by atoms with E-state index in [2.05, 4.69) is 47.7 Å². The molecule has 0 aromatic carbocycles. The van der Waals surface area contributed by atoms with Gasteiger partial charge < -0.3 is 9.53 Å². The second-order valence-electron chi connectivity index (χ2n) is 11.9. The zero-order valence-electron chi connectivity index (χ0n) is 19.1. The Morgan fingerprint density at radius 2 is 1.73 bits per heavy atom. The smallest absolute Gasteiger partial charge is 0.192 e. The quantitative estimate of drug-likeness (QED) is 0.513. The van der Waals surface area contributed by atoms with Crippen molar-refractivity contribution in [3.8, 4) is 0 Å². The molecule has 0 aromatic rings. The minimum atomic E-state index is -1.71. The zero-order valence-corrected chi connectivity index (χ0v) is 20.1. The Bertz CT molecular complexity index is 474. The van der Waals surface area contributed by atoms with Crippen LogP contribution in [0.5, 0.6) is 0 Å². The number of fused-ring (bicyclic) bond motifs is 1. The van der Waals surface area contributed by atoms with Crippen molar-refractivity contribution in [1.82, 2.24) is 0 Å². The van der Waals surface area contributed by atoms with Crippen LogP contribution in [0.15, 0.2) is 0 Å². The number of aliphatic hydroxyl groups is 1. The summed E-state index contributed by atoms with van der Waals surface area (Å²) in [6.07, 6.45) is 9.17. The SMILES string of the molecule is C[C@H](CCC(C)(C)O)[C@H]1CC[C@H]2[C@@H](O[Si](C)(C)C(C)(C)C)CCC[C@]12C. The summed E-state index contributed by atoms with van der Waals surface area (Å²) in [5, 5.41) is 10.4. The van der Waals surface area contributed by atoms with E-state index in [4.69, 9.17) is 4.43 Å². The van der Waals surface area contributed by atoms with E-state index in [0.717, 1.165) is 24.7 Å². The lowest BCUT2D eigenvalue weighted by Crippen LogP contribution is -2.50. The summed E-state index contributed by atoms with van der Waals surface area (Å²) >= 11 is 0. The molecule has 0 amide bonds. The number of rotatable bonds is 6. The minimum Gasteiger partial charge on any atom is -0.414 e. The maximum Gasteiger partial charge on any atom is 0.192 e. The van der Waals surface area contributed by atoms with E-state index in [1.54, 1.807) is 0 Å². The van der Waals surface area contributed by atoms with Gasteiger partial charge in [-0.15, -0.1) is 0 Å². The molecule has 154 valence electrons. The van der Waals surface area contributed by atoms with E-state index >= 15 is 0 Å². The highest BCUT2D eigenvalue weighted by atomic mass is 28.4. The second kappa shape index (κ2) is 7.52. The van der Waals surface area contributed by atoms with Crippen LogP contribution in [-0.2, 0) is 4.43 Å². The van der Waals surface area contributed by atoms with Gasteiger partial charge in [0.25, 0.3) is 0 Å². The summed E-state index contributed by atoms with van der Waals surface area (Å²) in [5.74, 6) is 2.23. The number of hydrogen-bond donors (Lipinski definition) is 1. The Hall–Kier alpha value is 0.137. The van der Waals surface area contributed by atoms with Gasteiger partial charge >= 0.3 is 0 Å². The molecule has 0 unspecified atom stereocenters. The van der Waals surface area contributed by atoms with E-state index in [1.165, 1.54) is 32.1 Å². The highest BCUT2D eigenvalue weighted by molar-refractivity contribution is 6.74. The van der Waals surface area contributed by atoms with E-state index in [1.807, 2.05) is 13.8 Å². The Kier molecular flexibility index (Phi) is 6.48. The summed E-state index contributed by atoms with van der Waals surface area (Å²) in [4.78, 5) is 0. The molecule has 2 nitrogen and oxygen atoms in total. The molecule has 1 N–H and O–H groups in total. The second-order valence-corrected chi connectivity index (χ2v) is 16.7. The van der Waals surface area contributed by atoms with Crippen LogP contribution in [-0.4, -0.2) is 25.1 Å². The van der Waals surface area contributed by atoms with Gasteiger partial charge in [-0.25, -0.2) is 0 Å². The van der Waals surface area contributed by atoms with Gasteiger partial charge in [0.15, 0.2) is 8.32 Å². The average Bonchev–Trinajstić information content (AvgIpc) is 2.80. The van der Waals surface area contributed by atoms with E-state index in [0.29, 0.717) is 22.5 Å². The van der Waals surface area contributed by atoms with E-state index in [-0.39, 0.29) is 0 Å². The van der Waals surface area contributed by atoms with Gasteiger partial charge in [-0.2, -0.15) is 0 Å². The normalized spacial score (nSPS) is 34.6. The van der Waals surface area contributed by atoms with Gasteiger partial charge in [-0.05, 0) is 93.7 Å². The van der Waals surface area contributed by atoms with Crippen molar-refractivity contribution < 1.29 is 9.53 Å². The topological polar surface area (TPSA) is 29.5 Å². The van der Waals surface area contributed by atoms with Crippen LogP contribution in [0.2, 0.25) is 18.1 Å². The Balaban J connectivity index is 2.10. The van der Waals surface area contributed by atoms with E-state index in [9.17, 15) is 5.11 Å². The first-order chi connectivity index (χ1) is 11.7. The van der Waals surface area contributed by atoms with Crippen molar-refractivity contribution in [2.45, 2.75) is 123 Å². The predicted molar refractivity (Wildman–Crippen MR) is 115 cm³/mol. The molecule has 2 saturated carbocycles. The Labute approximate surface area is 164 Å². The highest BCUT2D eigenvalue weighted by Crippen LogP contribution is 2.59. The fourth-order valence-electron chi connectivity index (χ4n) is 5.57. The first-order valence-electron chi connectivity index (χ1n) is 11.1. The fourth-order valence-corrected chi connectivity index (χ4v) is 6.97. The third-order valence-electron chi connectivity index (χ3n) is 8.29. The average molecular weight is 383 g/mol. The van der Waals surface area contributed by atoms with Crippen LogP contribution in [0.3, 0.4) is 0 Å². The van der Waals surface area contributed by atoms with Crippen LogP contribution in [0.25, 0.3) is 0 Å². The molecule has 2 aliphatic rings. The molecule has 0 aliphatic heterocycles. The van der Waals surface area contributed by atoms with Crippen LogP contribution in [0.1, 0.15) is 93.4 Å². The molecule has 0 saturated heterocycles. The van der Waals surface area contributed by atoms with Gasteiger partial charge in [0.2, 0.25) is 0 Å².